The number of nitrogens with one attached hydrogen (secondary N) is 1. The molecule has 0 spiro atoms. The molecule has 1 N–H and O–H groups in total. The normalized spacial score (nSPS) is 10.5. The maximum atomic E-state index is 13.6. The van der Waals surface area contributed by atoms with E-state index in [1.165, 1.54) is 12.3 Å². The second-order valence-corrected chi connectivity index (χ2v) is 3.56. The van der Waals surface area contributed by atoms with Crippen molar-refractivity contribution in [3.05, 3.63) is 41.6 Å². The van der Waals surface area contributed by atoms with Gasteiger partial charge in [0, 0.05) is 18.1 Å². The second-order valence-electron chi connectivity index (χ2n) is 3.56. The third kappa shape index (κ3) is 2.08. The van der Waals surface area contributed by atoms with Gasteiger partial charge in [-0.05, 0) is 12.1 Å². The summed E-state index contributed by atoms with van der Waals surface area (Å²) in [7, 11) is 0. The zero-order valence-electron chi connectivity index (χ0n) is 9.13. The Hall–Kier alpha value is -2.04. The summed E-state index contributed by atoms with van der Waals surface area (Å²) in [5.41, 5.74) is 0.744. The van der Waals surface area contributed by atoms with Gasteiger partial charge in [-0.2, -0.15) is 5.10 Å². The number of ketones is 1. The SMILES string of the molecule is CCC(=O)c1cn[nH]c1-c1ccc(F)cc1F. The highest BCUT2D eigenvalue weighted by molar-refractivity contribution is 6.01. The van der Waals surface area contributed by atoms with E-state index in [0.717, 1.165) is 12.1 Å². The first kappa shape index (κ1) is 11.4. The van der Waals surface area contributed by atoms with Gasteiger partial charge < -0.3 is 0 Å². The monoisotopic (exact) mass is 236 g/mol. The summed E-state index contributed by atoms with van der Waals surface area (Å²) in [4.78, 5) is 11.6. The van der Waals surface area contributed by atoms with Crippen molar-refractivity contribution in [3.8, 4) is 11.3 Å². The van der Waals surface area contributed by atoms with E-state index in [4.69, 9.17) is 0 Å². The van der Waals surface area contributed by atoms with E-state index in [1.807, 2.05) is 0 Å². The molecule has 0 unspecified atom stereocenters. The lowest BCUT2D eigenvalue weighted by Crippen LogP contribution is -1.98. The van der Waals surface area contributed by atoms with Crippen molar-refractivity contribution in [2.75, 3.05) is 0 Å². The number of halogens is 2. The van der Waals surface area contributed by atoms with Gasteiger partial charge in [0.2, 0.25) is 0 Å². The number of aromatic nitrogens is 2. The van der Waals surface area contributed by atoms with Crippen LogP contribution in [-0.2, 0) is 0 Å². The van der Waals surface area contributed by atoms with Gasteiger partial charge in [-0.15, -0.1) is 0 Å². The molecule has 0 amide bonds. The Morgan fingerprint density at radius 3 is 2.82 bits per heavy atom. The van der Waals surface area contributed by atoms with Gasteiger partial charge in [0.15, 0.2) is 5.78 Å². The number of H-pyrrole nitrogens is 1. The third-order valence-corrected chi connectivity index (χ3v) is 2.46. The van der Waals surface area contributed by atoms with Crippen LogP contribution in [0.4, 0.5) is 8.78 Å². The maximum absolute atomic E-state index is 13.6. The van der Waals surface area contributed by atoms with Crippen LogP contribution in [0, 0.1) is 11.6 Å². The Labute approximate surface area is 96.5 Å². The molecular formula is C12H10F2N2O. The van der Waals surface area contributed by atoms with Crippen LogP contribution in [0.2, 0.25) is 0 Å². The number of benzene rings is 1. The van der Waals surface area contributed by atoms with Crippen molar-refractivity contribution < 1.29 is 13.6 Å². The van der Waals surface area contributed by atoms with E-state index in [0.29, 0.717) is 12.0 Å². The van der Waals surface area contributed by atoms with Gasteiger partial charge in [0.1, 0.15) is 11.6 Å². The zero-order chi connectivity index (χ0) is 12.4. The molecule has 0 bridgehead atoms. The van der Waals surface area contributed by atoms with E-state index in [9.17, 15) is 13.6 Å². The minimum Gasteiger partial charge on any atom is -0.294 e. The predicted molar refractivity (Wildman–Crippen MR) is 58.6 cm³/mol. The molecule has 0 aliphatic rings. The van der Waals surface area contributed by atoms with Crippen LogP contribution in [0.1, 0.15) is 23.7 Å². The Morgan fingerprint density at radius 1 is 1.41 bits per heavy atom. The molecule has 88 valence electrons. The Balaban J connectivity index is 2.53. The highest BCUT2D eigenvalue weighted by Gasteiger charge is 2.16. The first-order valence-electron chi connectivity index (χ1n) is 5.15. The quantitative estimate of drug-likeness (QED) is 0.833. The van der Waals surface area contributed by atoms with Crippen molar-refractivity contribution in [2.24, 2.45) is 0 Å². The van der Waals surface area contributed by atoms with Crippen LogP contribution >= 0.6 is 0 Å². The number of rotatable bonds is 3. The Bertz CT molecular complexity index is 563. The molecule has 2 rings (SSSR count). The van der Waals surface area contributed by atoms with Crippen LogP contribution in [0.3, 0.4) is 0 Å². The fourth-order valence-corrected chi connectivity index (χ4v) is 1.59. The molecule has 0 fully saturated rings. The van der Waals surface area contributed by atoms with Crippen LogP contribution < -0.4 is 0 Å². The minimum atomic E-state index is -0.723. The van der Waals surface area contributed by atoms with Gasteiger partial charge >= 0.3 is 0 Å². The van der Waals surface area contributed by atoms with E-state index < -0.39 is 11.6 Å². The second kappa shape index (κ2) is 4.45. The van der Waals surface area contributed by atoms with Gasteiger partial charge in [0.25, 0.3) is 0 Å². The fourth-order valence-electron chi connectivity index (χ4n) is 1.59. The van der Waals surface area contributed by atoms with Crippen molar-refractivity contribution in [3.63, 3.8) is 0 Å². The number of Topliss-reactive ketones (excluding diaryl/α,β-unsaturated/α-hetero) is 1. The molecule has 0 aliphatic carbocycles. The lowest BCUT2D eigenvalue weighted by Gasteiger charge is -2.03. The maximum Gasteiger partial charge on any atom is 0.166 e. The molecule has 0 radical (unpaired) electrons. The number of carbonyl (C=O) groups is 1. The summed E-state index contributed by atoms with van der Waals surface area (Å²) in [6, 6.07) is 3.19. The lowest BCUT2D eigenvalue weighted by atomic mass is 10.0. The highest BCUT2D eigenvalue weighted by Crippen LogP contribution is 2.25. The first-order valence-corrected chi connectivity index (χ1v) is 5.15. The van der Waals surface area contributed by atoms with E-state index in [-0.39, 0.29) is 17.0 Å². The molecule has 0 aliphatic heterocycles. The van der Waals surface area contributed by atoms with E-state index >= 15 is 0 Å². The molecule has 1 aromatic carbocycles. The summed E-state index contributed by atoms with van der Waals surface area (Å²) in [5.74, 6) is -1.52. The van der Waals surface area contributed by atoms with Crippen molar-refractivity contribution >= 4 is 5.78 Å². The molecule has 1 heterocycles. The molecule has 3 nitrogen and oxygen atoms in total. The number of hydrogen-bond acceptors (Lipinski definition) is 2. The van der Waals surface area contributed by atoms with Crippen LogP contribution in [0.5, 0.6) is 0 Å². The molecule has 17 heavy (non-hydrogen) atoms. The van der Waals surface area contributed by atoms with Crippen molar-refractivity contribution in [2.45, 2.75) is 13.3 Å². The smallest absolute Gasteiger partial charge is 0.166 e. The first-order chi connectivity index (χ1) is 8.13. The fraction of sp³-hybridized carbons (Fsp3) is 0.167. The molecule has 0 saturated heterocycles. The number of hydrogen-bond donors (Lipinski definition) is 1. The zero-order valence-corrected chi connectivity index (χ0v) is 9.13. The summed E-state index contributed by atoms with van der Waals surface area (Å²) < 4.78 is 26.3. The predicted octanol–water partition coefficient (Wildman–Crippen LogP) is 2.95. The number of nitrogens with zero attached hydrogens (tertiary/aromatic N) is 1. The van der Waals surface area contributed by atoms with E-state index in [2.05, 4.69) is 10.2 Å². The topological polar surface area (TPSA) is 45.8 Å². The van der Waals surface area contributed by atoms with Crippen molar-refractivity contribution in [1.29, 1.82) is 0 Å². The number of aromatic amines is 1. The van der Waals surface area contributed by atoms with Gasteiger partial charge in [-0.3, -0.25) is 9.89 Å². The average Bonchev–Trinajstić information content (AvgIpc) is 2.77. The summed E-state index contributed by atoms with van der Waals surface area (Å²) >= 11 is 0. The standard InChI is InChI=1S/C12H10F2N2O/c1-2-11(17)9-6-15-16-12(9)8-4-3-7(13)5-10(8)14/h3-6H,2H2,1H3,(H,15,16). The molecular weight excluding hydrogens is 226 g/mol. The van der Waals surface area contributed by atoms with Crippen molar-refractivity contribution in [1.82, 2.24) is 10.2 Å². The molecule has 1 aromatic heterocycles. The van der Waals surface area contributed by atoms with Gasteiger partial charge in [-0.25, -0.2) is 8.78 Å². The molecule has 2 aromatic rings. The summed E-state index contributed by atoms with van der Waals surface area (Å²) in [6.45, 7) is 1.71. The molecule has 0 saturated carbocycles. The third-order valence-electron chi connectivity index (χ3n) is 2.46. The van der Waals surface area contributed by atoms with Crippen LogP contribution in [-0.4, -0.2) is 16.0 Å². The highest BCUT2D eigenvalue weighted by atomic mass is 19.1. The Morgan fingerprint density at radius 2 is 2.18 bits per heavy atom. The van der Waals surface area contributed by atoms with Gasteiger partial charge in [-0.1, -0.05) is 6.92 Å². The van der Waals surface area contributed by atoms with E-state index in [1.54, 1.807) is 6.92 Å². The Kier molecular flexibility index (Phi) is 2.99. The lowest BCUT2D eigenvalue weighted by molar-refractivity contribution is 0.0989. The van der Waals surface area contributed by atoms with Crippen LogP contribution in [0.15, 0.2) is 24.4 Å². The van der Waals surface area contributed by atoms with Crippen LogP contribution in [0.25, 0.3) is 11.3 Å². The molecule has 0 atom stereocenters. The number of carbonyl (C=O) groups excluding carboxylic acids is 1. The van der Waals surface area contributed by atoms with Gasteiger partial charge in [0.05, 0.1) is 17.5 Å². The minimum absolute atomic E-state index is 0.140. The molecule has 5 heteroatoms. The average molecular weight is 236 g/mol. The summed E-state index contributed by atoms with van der Waals surface area (Å²) in [5, 5.41) is 6.29. The largest absolute Gasteiger partial charge is 0.294 e. The summed E-state index contributed by atoms with van der Waals surface area (Å²) in [6.07, 6.45) is 1.65.